The Morgan fingerprint density at radius 3 is 2.43 bits per heavy atom. The second kappa shape index (κ2) is 5.76. The summed E-state index contributed by atoms with van der Waals surface area (Å²) in [6.07, 6.45) is 2.58. The summed E-state index contributed by atoms with van der Waals surface area (Å²) in [7, 11) is 0. The maximum Gasteiger partial charge on any atom is 0.0644 e. The summed E-state index contributed by atoms with van der Waals surface area (Å²) in [6.45, 7) is 6.92. The number of hydrazine groups is 1. The number of fused-ring (bicyclic) bond motifs is 1. The lowest BCUT2D eigenvalue weighted by Gasteiger charge is -2.42. The minimum Gasteiger partial charge on any atom is -0.296 e. The highest BCUT2D eigenvalue weighted by atomic mass is 15.3. The number of rotatable bonds is 4. The van der Waals surface area contributed by atoms with Gasteiger partial charge >= 0.3 is 0 Å². The fraction of sp³-hybridized carbons (Fsp3) is 0.444. The molecule has 2 aromatic rings. The van der Waals surface area contributed by atoms with Crippen molar-refractivity contribution in [1.29, 1.82) is 0 Å². The summed E-state index contributed by atoms with van der Waals surface area (Å²) in [5.41, 5.74) is 4.37. The third-order valence-corrected chi connectivity index (χ3v) is 4.93. The molecule has 1 unspecified atom stereocenters. The highest BCUT2D eigenvalue weighted by molar-refractivity contribution is 5.86. The lowest BCUT2D eigenvalue weighted by Crippen LogP contribution is -2.53. The van der Waals surface area contributed by atoms with Crippen LogP contribution in [0.4, 0.5) is 0 Å². The molecule has 21 heavy (non-hydrogen) atoms. The van der Waals surface area contributed by atoms with Crippen LogP contribution in [0.15, 0.2) is 42.5 Å². The van der Waals surface area contributed by atoms with Crippen LogP contribution in [0.5, 0.6) is 0 Å². The van der Waals surface area contributed by atoms with Gasteiger partial charge in [0.15, 0.2) is 0 Å². The van der Waals surface area contributed by atoms with E-state index < -0.39 is 0 Å². The number of hydrogen-bond donors (Lipinski definition) is 2. The number of nitrogens with one attached hydrogen (secondary N) is 1. The number of nitrogens with two attached hydrogens (primary N) is 1. The normalized spacial score (nSPS) is 18.2. The molecule has 3 rings (SSSR count). The number of benzene rings is 2. The van der Waals surface area contributed by atoms with Crippen LogP contribution in [0, 0.1) is 0 Å². The first-order chi connectivity index (χ1) is 10.1. The van der Waals surface area contributed by atoms with Gasteiger partial charge in [-0.25, -0.2) is 0 Å². The minimum atomic E-state index is -0.00459. The van der Waals surface area contributed by atoms with Crippen molar-refractivity contribution in [3.05, 3.63) is 48.0 Å². The van der Waals surface area contributed by atoms with Gasteiger partial charge in [0.2, 0.25) is 0 Å². The molecule has 2 aromatic carbocycles. The Balaban J connectivity index is 2.05. The predicted octanol–water partition coefficient (Wildman–Crippen LogP) is 3.22. The molecule has 0 amide bonds. The van der Waals surface area contributed by atoms with E-state index in [2.05, 4.69) is 66.6 Å². The molecule has 0 aromatic heterocycles. The second-order valence-electron chi connectivity index (χ2n) is 6.52. The van der Waals surface area contributed by atoms with Gasteiger partial charge < -0.3 is 0 Å². The summed E-state index contributed by atoms with van der Waals surface area (Å²) >= 11 is 0. The summed E-state index contributed by atoms with van der Waals surface area (Å²) in [6, 6.07) is 15.1. The molecule has 3 nitrogen and oxygen atoms in total. The van der Waals surface area contributed by atoms with E-state index in [1.165, 1.54) is 29.2 Å². The van der Waals surface area contributed by atoms with Crippen LogP contribution in [-0.2, 0) is 0 Å². The van der Waals surface area contributed by atoms with Crippen molar-refractivity contribution < 1.29 is 0 Å². The molecule has 0 radical (unpaired) electrons. The summed E-state index contributed by atoms with van der Waals surface area (Å²) in [5.74, 6) is 5.97. The van der Waals surface area contributed by atoms with Gasteiger partial charge in [0.25, 0.3) is 0 Å². The molecule has 112 valence electrons. The van der Waals surface area contributed by atoms with Crippen molar-refractivity contribution in [1.82, 2.24) is 10.3 Å². The zero-order chi connectivity index (χ0) is 14.9. The predicted molar refractivity (Wildman–Crippen MR) is 88.9 cm³/mol. The fourth-order valence-electron chi connectivity index (χ4n) is 3.65. The largest absolute Gasteiger partial charge is 0.296 e. The first-order valence-electron chi connectivity index (χ1n) is 7.83. The molecule has 0 saturated carbocycles. The van der Waals surface area contributed by atoms with Crippen LogP contribution in [0.3, 0.4) is 0 Å². The second-order valence-corrected chi connectivity index (χ2v) is 6.52. The standard InChI is InChI=1S/C18H25N3/c1-18(2,21-12-5-6-13-21)17(20-19)16-11-7-9-14-8-3-4-10-15(14)16/h3-4,7-11,17,20H,5-6,12-13,19H2,1-2H3. The van der Waals surface area contributed by atoms with Gasteiger partial charge in [0, 0.05) is 5.54 Å². The maximum absolute atomic E-state index is 5.97. The molecule has 0 spiro atoms. The first-order valence-corrected chi connectivity index (χ1v) is 7.83. The fourth-order valence-corrected chi connectivity index (χ4v) is 3.65. The zero-order valence-corrected chi connectivity index (χ0v) is 13.0. The van der Waals surface area contributed by atoms with E-state index in [0.717, 1.165) is 13.1 Å². The monoisotopic (exact) mass is 283 g/mol. The van der Waals surface area contributed by atoms with E-state index in [-0.39, 0.29) is 11.6 Å². The highest BCUT2D eigenvalue weighted by Gasteiger charge is 2.37. The maximum atomic E-state index is 5.97. The highest BCUT2D eigenvalue weighted by Crippen LogP contribution is 2.36. The molecule has 1 saturated heterocycles. The zero-order valence-electron chi connectivity index (χ0n) is 13.0. The molecule has 1 fully saturated rings. The Morgan fingerprint density at radius 1 is 1.05 bits per heavy atom. The Hall–Kier alpha value is -1.42. The molecule has 0 aliphatic carbocycles. The van der Waals surface area contributed by atoms with Crippen LogP contribution in [-0.4, -0.2) is 23.5 Å². The molecule has 3 N–H and O–H groups in total. The lowest BCUT2D eigenvalue weighted by atomic mass is 9.85. The van der Waals surface area contributed by atoms with Gasteiger partial charge in [-0.2, -0.15) is 0 Å². The Bertz CT molecular complexity index is 609. The van der Waals surface area contributed by atoms with Gasteiger partial charge in [-0.15, -0.1) is 0 Å². The van der Waals surface area contributed by atoms with E-state index in [1.807, 2.05) is 0 Å². The van der Waals surface area contributed by atoms with Crippen LogP contribution in [0.25, 0.3) is 10.8 Å². The summed E-state index contributed by atoms with van der Waals surface area (Å²) in [5, 5.41) is 2.56. The van der Waals surface area contributed by atoms with Crippen LogP contribution >= 0.6 is 0 Å². The smallest absolute Gasteiger partial charge is 0.0644 e. The van der Waals surface area contributed by atoms with E-state index in [4.69, 9.17) is 5.84 Å². The van der Waals surface area contributed by atoms with Crippen molar-refractivity contribution in [2.45, 2.75) is 38.3 Å². The summed E-state index contributed by atoms with van der Waals surface area (Å²) in [4.78, 5) is 2.55. The Labute approximate surface area is 127 Å². The average Bonchev–Trinajstić information content (AvgIpc) is 3.03. The van der Waals surface area contributed by atoms with Gasteiger partial charge in [-0.1, -0.05) is 42.5 Å². The molecule has 1 atom stereocenters. The van der Waals surface area contributed by atoms with Crippen molar-refractivity contribution in [3.8, 4) is 0 Å². The van der Waals surface area contributed by atoms with Gasteiger partial charge in [0.1, 0.15) is 0 Å². The van der Waals surface area contributed by atoms with Gasteiger partial charge in [-0.05, 0) is 56.1 Å². The van der Waals surface area contributed by atoms with Crippen LogP contribution in [0.1, 0.15) is 38.3 Å². The van der Waals surface area contributed by atoms with Crippen molar-refractivity contribution in [3.63, 3.8) is 0 Å². The Kier molecular flexibility index (Phi) is 3.98. The lowest BCUT2D eigenvalue weighted by molar-refractivity contribution is 0.107. The third-order valence-electron chi connectivity index (χ3n) is 4.93. The number of likely N-dealkylation sites (tertiary alicyclic amines) is 1. The quantitative estimate of drug-likeness (QED) is 0.668. The molecule has 1 aliphatic heterocycles. The van der Waals surface area contributed by atoms with Crippen molar-refractivity contribution in [2.24, 2.45) is 5.84 Å². The molecular formula is C18H25N3. The van der Waals surface area contributed by atoms with Crippen molar-refractivity contribution >= 4 is 10.8 Å². The van der Waals surface area contributed by atoms with E-state index in [9.17, 15) is 0 Å². The first kappa shape index (κ1) is 14.5. The number of hydrogen-bond acceptors (Lipinski definition) is 3. The molecular weight excluding hydrogens is 258 g/mol. The molecule has 1 aliphatic rings. The SMILES string of the molecule is CC(C)(C(NN)c1cccc2ccccc12)N1CCCC1. The third kappa shape index (κ3) is 2.57. The number of nitrogens with zero attached hydrogens (tertiary/aromatic N) is 1. The Morgan fingerprint density at radius 2 is 1.71 bits per heavy atom. The van der Waals surface area contributed by atoms with Crippen LogP contribution < -0.4 is 11.3 Å². The van der Waals surface area contributed by atoms with E-state index >= 15 is 0 Å². The molecule has 0 bridgehead atoms. The molecule has 1 heterocycles. The molecule has 3 heteroatoms. The van der Waals surface area contributed by atoms with Gasteiger partial charge in [-0.3, -0.25) is 16.2 Å². The van der Waals surface area contributed by atoms with Gasteiger partial charge in [0.05, 0.1) is 6.04 Å². The topological polar surface area (TPSA) is 41.3 Å². The van der Waals surface area contributed by atoms with E-state index in [0.29, 0.717) is 0 Å². The van der Waals surface area contributed by atoms with Crippen molar-refractivity contribution in [2.75, 3.05) is 13.1 Å². The minimum absolute atomic E-state index is 0.00459. The van der Waals surface area contributed by atoms with E-state index in [1.54, 1.807) is 0 Å². The summed E-state index contributed by atoms with van der Waals surface area (Å²) < 4.78 is 0. The van der Waals surface area contributed by atoms with Crippen LogP contribution in [0.2, 0.25) is 0 Å². The average molecular weight is 283 g/mol.